The van der Waals surface area contributed by atoms with Crippen molar-refractivity contribution in [2.75, 3.05) is 30.6 Å². The number of benzene rings is 2. The van der Waals surface area contributed by atoms with Crippen LogP contribution in [0, 0.1) is 0 Å². The van der Waals surface area contributed by atoms with Crippen molar-refractivity contribution in [2.24, 2.45) is 0 Å². The third kappa shape index (κ3) is 4.46. The van der Waals surface area contributed by atoms with Gasteiger partial charge in [0.1, 0.15) is 24.0 Å². The SMILES string of the molecule is CNc1cc(N(C)c2cccc(OCc3ccccc3)c2)nc(SC)n1. The first-order chi connectivity index (χ1) is 12.7. The molecule has 0 amide bonds. The van der Waals surface area contributed by atoms with Gasteiger partial charge in [-0.05, 0) is 24.0 Å². The van der Waals surface area contributed by atoms with Crippen LogP contribution in [0.15, 0.2) is 65.8 Å². The lowest BCUT2D eigenvalue weighted by atomic mass is 10.2. The zero-order valence-corrected chi connectivity index (χ0v) is 16.0. The Balaban J connectivity index is 1.79. The summed E-state index contributed by atoms with van der Waals surface area (Å²) in [5.74, 6) is 2.45. The molecule has 0 spiro atoms. The van der Waals surface area contributed by atoms with Gasteiger partial charge in [0, 0.05) is 31.9 Å². The van der Waals surface area contributed by atoms with Crippen LogP contribution in [0.3, 0.4) is 0 Å². The topological polar surface area (TPSA) is 50.3 Å². The van der Waals surface area contributed by atoms with Gasteiger partial charge in [0.2, 0.25) is 0 Å². The maximum Gasteiger partial charge on any atom is 0.191 e. The van der Waals surface area contributed by atoms with Gasteiger partial charge in [-0.3, -0.25) is 0 Å². The highest BCUT2D eigenvalue weighted by molar-refractivity contribution is 7.98. The summed E-state index contributed by atoms with van der Waals surface area (Å²) in [6.45, 7) is 0.544. The third-order valence-electron chi connectivity index (χ3n) is 3.93. The number of ether oxygens (including phenoxy) is 1. The summed E-state index contributed by atoms with van der Waals surface area (Å²) < 4.78 is 5.93. The van der Waals surface area contributed by atoms with Crippen LogP contribution < -0.4 is 15.0 Å². The van der Waals surface area contributed by atoms with Gasteiger partial charge < -0.3 is 15.0 Å². The summed E-state index contributed by atoms with van der Waals surface area (Å²) >= 11 is 1.52. The van der Waals surface area contributed by atoms with Crippen LogP contribution in [0.2, 0.25) is 0 Å². The highest BCUT2D eigenvalue weighted by Crippen LogP contribution is 2.28. The lowest BCUT2D eigenvalue weighted by Crippen LogP contribution is -2.13. The number of hydrogen-bond acceptors (Lipinski definition) is 6. The number of anilines is 3. The van der Waals surface area contributed by atoms with E-state index in [4.69, 9.17) is 4.74 Å². The molecule has 1 N–H and O–H groups in total. The number of aromatic nitrogens is 2. The van der Waals surface area contributed by atoms with Crippen molar-refractivity contribution in [1.82, 2.24) is 9.97 Å². The number of nitrogens with zero attached hydrogens (tertiary/aromatic N) is 3. The van der Waals surface area contributed by atoms with Crippen molar-refractivity contribution in [3.05, 3.63) is 66.2 Å². The molecule has 0 atom stereocenters. The second kappa shape index (κ2) is 8.58. The molecule has 0 radical (unpaired) electrons. The number of rotatable bonds is 7. The first-order valence-electron chi connectivity index (χ1n) is 8.31. The van der Waals surface area contributed by atoms with Crippen LogP contribution in [0.1, 0.15) is 5.56 Å². The molecule has 0 bridgehead atoms. The van der Waals surface area contributed by atoms with Crippen molar-refractivity contribution in [3.63, 3.8) is 0 Å². The van der Waals surface area contributed by atoms with E-state index in [2.05, 4.69) is 27.4 Å². The first kappa shape index (κ1) is 18.1. The number of nitrogens with one attached hydrogen (secondary N) is 1. The number of hydrogen-bond donors (Lipinski definition) is 1. The van der Waals surface area contributed by atoms with Crippen molar-refractivity contribution in [1.29, 1.82) is 0 Å². The molecule has 0 aliphatic heterocycles. The molecule has 0 aliphatic carbocycles. The minimum atomic E-state index is 0.544. The molecule has 5 nitrogen and oxygen atoms in total. The Kier molecular flexibility index (Phi) is 5.96. The van der Waals surface area contributed by atoms with Crippen LogP contribution in [0.25, 0.3) is 0 Å². The van der Waals surface area contributed by atoms with Gasteiger partial charge in [0.25, 0.3) is 0 Å². The van der Waals surface area contributed by atoms with Crippen LogP contribution in [-0.2, 0) is 6.61 Å². The molecule has 0 unspecified atom stereocenters. The van der Waals surface area contributed by atoms with E-state index in [0.717, 1.165) is 33.8 Å². The second-order valence-electron chi connectivity index (χ2n) is 5.68. The Morgan fingerprint density at radius 1 is 1.04 bits per heavy atom. The highest BCUT2D eigenvalue weighted by Gasteiger charge is 2.10. The fraction of sp³-hybridized carbons (Fsp3) is 0.200. The predicted molar refractivity (Wildman–Crippen MR) is 109 cm³/mol. The summed E-state index contributed by atoms with van der Waals surface area (Å²) in [5, 5.41) is 3.81. The highest BCUT2D eigenvalue weighted by atomic mass is 32.2. The molecule has 3 rings (SSSR count). The van der Waals surface area contributed by atoms with Crippen LogP contribution in [-0.4, -0.2) is 30.3 Å². The maximum atomic E-state index is 5.93. The zero-order chi connectivity index (χ0) is 18.4. The fourth-order valence-electron chi connectivity index (χ4n) is 2.46. The van der Waals surface area contributed by atoms with Crippen molar-refractivity contribution in [2.45, 2.75) is 11.8 Å². The van der Waals surface area contributed by atoms with Gasteiger partial charge in [-0.25, -0.2) is 9.97 Å². The zero-order valence-electron chi connectivity index (χ0n) is 15.1. The van der Waals surface area contributed by atoms with E-state index in [-0.39, 0.29) is 0 Å². The van der Waals surface area contributed by atoms with Crippen LogP contribution >= 0.6 is 11.8 Å². The molecule has 1 aromatic heterocycles. The Labute approximate surface area is 158 Å². The Morgan fingerprint density at radius 2 is 1.85 bits per heavy atom. The molecular formula is C20H22N4OS. The third-order valence-corrected chi connectivity index (χ3v) is 4.48. The fourth-order valence-corrected chi connectivity index (χ4v) is 2.83. The minimum Gasteiger partial charge on any atom is -0.489 e. The van der Waals surface area contributed by atoms with Gasteiger partial charge in [-0.2, -0.15) is 0 Å². The summed E-state index contributed by atoms with van der Waals surface area (Å²) in [6.07, 6.45) is 1.97. The standard InChI is InChI=1S/C20H22N4OS/c1-21-18-13-19(23-20(22-18)26-3)24(2)16-10-7-11-17(12-16)25-14-15-8-5-4-6-9-15/h4-13H,14H2,1-3H3,(H,21,22,23). The summed E-state index contributed by atoms with van der Waals surface area (Å²) in [4.78, 5) is 11.0. The number of thioether (sulfide) groups is 1. The van der Waals surface area contributed by atoms with Gasteiger partial charge in [0.05, 0.1) is 0 Å². The minimum absolute atomic E-state index is 0.544. The predicted octanol–water partition coefficient (Wildman–Crippen LogP) is 4.59. The lowest BCUT2D eigenvalue weighted by molar-refractivity contribution is 0.306. The smallest absolute Gasteiger partial charge is 0.191 e. The van der Waals surface area contributed by atoms with Gasteiger partial charge in [-0.1, -0.05) is 48.2 Å². The van der Waals surface area contributed by atoms with E-state index in [0.29, 0.717) is 6.61 Å². The van der Waals surface area contributed by atoms with E-state index in [1.54, 1.807) is 0 Å². The Bertz CT molecular complexity index is 835. The maximum absolute atomic E-state index is 5.93. The molecule has 1 heterocycles. The van der Waals surface area contributed by atoms with Crippen molar-refractivity contribution >= 4 is 29.1 Å². The van der Waals surface area contributed by atoms with Crippen molar-refractivity contribution in [3.8, 4) is 5.75 Å². The average molecular weight is 366 g/mol. The van der Waals surface area contributed by atoms with Gasteiger partial charge in [-0.15, -0.1) is 0 Å². The molecule has 0 fully saturated rings. The second-order valence-corrected chi connectivity index (χ2v) is 6.45. The van der Waals surface area contributed by atoms with Crippen LogP contribution in [0.4, 0.5) is 17.3 Å². The molecule has 26 heavy (non-hydrogen) atoms. The van der Waals surface area contributed by atoms with Gasteiger partial charge in [0.15, 0.2) is 5.16 Å². The monoisotopic (exact) mass is 366 g/mol. The Morgan fingerprint density at radius 3 is 2.58 bits per heavy atom. The van der Waals surface area contributed by atoms with Crippen molar-refractivity contribution < 1.29 is 4.74 Å². The van der Waals surface area contributed by atoms with Crippen LogP contribution in [0.5, 0.6) is 5.75 Å². The lowest BCUT2D eigenvalue weighted by Gasteiger charge is -2.20. The molecule has 2 aromatic carbocycles. The quantitative estimate of drug-likeness (QED) is 0.488. The molecule has 0 saturated carbocycles. The summed E-state index contributed by atoms with van der Waals surface area (Å²) in [7, 11) is 3.84. The normalized spacial score (nSPS) is 10.4. The summed E-state index contributed by atoms with van der Waals surface area (Å²) in [5.41, 5.74) is 2.15. The first-order valence-corrected chi connectivity index (χ1v) is 9.53. The molecule has 0 aliphatic rings. The molecule has 0 saturated heterocycles. The van der Waals surface area contributed by atoms with E-state index >= 15 is 0 Å². The van der Waals surface area contributed by atoms with E-state index < -0.39 is 0 Å². The average Bonchev–Trinajstić information content (AvgIpc) is 2.72. The molecule has 134 valence electrons. The molecular weight excluding hydrogens is 344 g/mol. The largest absolute Gasteiger partial charge is 0.489 e. The van der Waals surface area contributed by atoms with E-state index in [9.17, 15) is 0 Å². The molecule has 6 heteroatoms. The Hall–Kier alpha value is -2.73. The van der Waals surface area contributed by atoms with Gasteiger partial charge >= 0.3 is 0 Å². The molecule has 3 aromatic rings. The van der Waals surface area contributed by atoms with E-state index in [1.165, 1.54) is 11.8 Å². The summed E-state index contributed by atoms with van der Waals surface area (Å²) in [6, 6.07) is 20.1. The van der Waals surface area contributed by atoms with E-state index in [1.807, 2.05) is 73.8 Å².